The Labute approximate surface area is 91.6 Å². The van der Waals surface area contributed by atoms with Crippen molar-refractivity contribution in [3.05, 3.63) is 11.8 Å². The third-order valence-electron chi connectivity index (χ3n) is 1.41. The smallest absolute Gasteiger partial charge is 0.422 e. The van der Waals surface area contributed by atoms with E-state index in [0.29, 0.717) is 0 Å². The Hall–Kier alpha value is -2.26. The number of nitrogens with one attached hydrogen (secondary N) is 2. The second kappa shape index (κ2) is 4.72. The minimum Gasteiger partial charge on any atom is -0.477 e. The van der Waals surface area contributed by atoms with Gasteiger partial charge < -0.3 is 9.84 Å². The van der Waals surface area contributed by atoms with Crippen LogP contribution in [-0.2, 0) is 4.74 Å². The van der Waals surface area contributed by atoms with E-state index in [0.717, 1.165) is 6.07 Å². The Morgan fingerprint density at radius 1 is 1.53 bits per heavy atom. The van der Waals surface area contributed by atoms with E-state index < -0.39 is 24.8 Å². The second-order valence-corrected chi connectivity index (χ2v) is 2.79. The van der Waals surface area contributed by atoms with E-state index in [1.54, 1.807) is 0 Å². The van der Waals surface area contributed by atoms with Crippen LogP contribution in [0.25, 0.3) is 0 Å². The minimum atomic E-state index is -4.63. The van der Waals surface area contributed by atoms with Crippen LogP contribution in [-0.4, -0.2) is 40.1 Å². The fourth-order valence-electron chi connectivity index (χ4n) is 0.783. The van der Waals surface area contributed by atoms with Crippen LogP contribution in [0.4, 0.5) is 23.8 Å². The van der Waals surface area contributed by atoms with E-state index in [-0.39, 0.29) is 11.5 Å². The molecule has 3 N–H and O–H groups in total. The summed E-state index contributed by atoms with van der Waals surface area (Å²) in [4.78, 5) is 21.2. The number of hydrogen-bond donors (Lipinski definition) is 3. The zero-order valence-corrected chi connectivity index (χ0v) is 8.04. The van der Waals surface area contributed by atoms with Gasteiger partial charge in [-0.3, -0.25) is 10.4 Å². The van der Waals surface area contributed by atoms with Gasteiger partial charge in [0, 0.05) is 6.07 Å². The maximum absolute atomic E-state index is 11.7. The number of nitrogens with zero attached hydrogens (tertiary/aromatic N) is 1. The summed E-state index contributed by atoms with van der Waals surface area (Å²) in [6.45, 7) is -1.74. The molecule has 94 valence electrons. The Balaban J connectivity index is 2.48. The third-order valence-corrected chi connectivity index (χ3v) is 1.41. The van der Waals surface area contributed by atoms with E-state index >= 15 is 0 Å². The predicted octanol–water partition coefficient (Wildman–Crippen LogP) is 1.22. The number of aromatic nitrogens is 2. The highest BCUT2D eigenvalue weighted by Gasteiger charge is 2.29. The zero-order valence-electron chi connectivity index (χ0n) is 8.04. The standard InChI is InChI=1S/C7H6F3N3O4/c8-7(9,10)2-17-6(16)11-4-1-3(5(14)15)12-13-4/h1H,2H2,(H,14,15)(H2,11,12,13,16). The van der Waals surface area contributed by atoms with Gasteiger partial charge >= 0.3 is 18.2 Å². The molecule has 0 radical (unpaired) electrons. The number of carbonyl (C=O) groups is 2. The van der Waals surface area contributed by atoms with Crippen LogP contribution in [0, 0.1) is 0 Å². The molecule has 0 atom stereocenters. The van der Waals surface area contributed by atoms with Crippen molar-refractivity contribution in [2.45, 2.75) is 6.18 Å². The first-order valence-electron chi connectivity index (χ1n) is 4.07. The normalized spacial score (nSPS) is 11.0. The molecule has 17 heavy (non-hydrogen) atoms. The van der Waals surface area contributed by atoms with E-state index in [4.69, 9.17) is 5.11 Å². The molecule has 0 aromatic carbocycles. The fraction of sp³-hybridized carbons (Fsp3) is 0.286. The number of ether oxygens (including phenoxy) is 1. The van der Waals surface area contributed by atoms with Crippen molar-refractivity contribution in [3.8, 4) is 0 Å². The molecule has 0 aliphatic carbocycles. The van der Waals surface area contributed by atoms with Gasteiger partial charge in [0.25, 0.3) is 0 Å². The topological polar surface area (TPSA) is 104 Å². The fourth-order valence-corrected chi connectivity index (χ4v) is 0.783. The number of carboxylic acid groups (broad SMARTS) is 1. The largest absolute Gasteiger partial charge is 0.477 e. The Morgan fingerprint density at radius 2 is 2.18 bits per heavy atom. The van der Waals surface area contributed by atoms with E-state index in [1.165, 1.54) is 0 Å². The lowest BCUT2D eigenvalue weighted by molar-refractivity contribution is -0.159. The number of aromatic carboxylic acids is 1. The van der Waals surface area contributed by atoms with E-state index in [1.807, 2.05) is 10.4 Å². The third kappa shape index (κ3) is 4.40. The van der Waals surface area contributed by atoms with Crippen LogP contribution >= 0.6 is 0 Å². The van der Waals surface area contributed by atoms with Crippen LogP contribution < -0.4 is 5.32 Å². The number of rotatable bonds is 3. The predicted molar refractivity (Wildman–Crippen MR) is 46.6 cm³/mol. The van der Waals surface area contributed by atoms with Gasteiger partial charge in [0.15, 0.2) is 12.4 Å². The molecule has 1 amide bonds. The maximum Gasteiger partial charge on any atom is 0.422 e. The van der Waals surface area contributed by atoms with Crippen molar-refractivity contribution < 1.29 is 32.6 Å². The van der Waals surface area contributed by atoms with Crippen LogP contribution in [0.5, 0.6) is 0 Å². The highest BCUT2D eigenvalue weighted by atomic mass is 19.4. The van der Waals surface area contributed by atoms with Crippen molar-refractivity contribution in [1.29, 1.82) is 0 Å². The molecule has 0 aliphatic rings. The molecule has 7 nitrogen and oxygen atoms in total. The first-order valence-corrected chi connectivity index (χ1v) is 4.07. The highest BCUT2D eigenvalue weighted by molar-refractivity contribution is 5.89. The summed E-state index contributed by atoms with van der Waals surface area (Å²) >= 11 is 0. The van der Waals surface area contributed by atoms with Crippen LogP contribution in [0.3, 0.4) is 0 Å². The van der Waals surface area contributed by atoms with Gasteiger partial charge in [-0.25, -0.2) is 9.59 Å². The number of alkyl halides is 3. The molecule has 1 aromatic heterocycles. The molecule has 0 bridgehead atoms. The van der Waals surface area contributed by atoms with Gasteiger partial charge in [-0.05, 0) is 0 Å². The van der Waals surface area contributed by atoms with E-state index in [9.17, 15) is 22.8 Å². The van der Waals surface area contributed by atoms with Crippen molar-refractivity contribution in [3.63, 3.8) is 0 Å². The maximum atomic E-state index is 11.7. The van der Waals surface area contributed by atoms with Crippen molar-refractivity contribution in [2.24, 2.45) is 0 Å². The van der Waals surface area contributed by atoms with E-state index in [2.05, 4.69) is 9.84 Å². The molecule has 0 saturated heterocycles. The molecule has 0 fully saturated rings. The second-order valence-electron chi connectivity index (χ2n) is 2.79. The summed E-state index contributed by atoms with van der Waals surface area (Å²) in [5.74, 6) is -1.58. The average Bonchev–Trinajstić information content (AvgIpc) is 2.62. The van der Waals surface area contributed by atoms with Gasteiger partial charge in [-0.2, -0.15) is 18.3 Å². The summed E-state index contributed by atoms with van der Waals surface area (Å²) < 4.78 is 38.8. The minimum absolute atomic E-state index is 0.255. The molecule has 1 rings (SSSR count). The molecule has 10 heteroatoms. The van der Waals surface area contributed by atoms with Crippen molar-refractivity contribution in [2.75, 3.05) is 11.9 Å². The van der Waals surface area contributed by atoms with Crippen LogP contribution in [0.15, 0.2) is 6.07 Å². The summed E-state index contributed by atoms with van der Waals surface area (Å²) in [5.41, 5.74) is -0.323. The number of carbonyl (C=O) groups excluding carboxylic acids is 1. The zero-order chi connectivity index (χ0) is 13.1. The lowest BCUT2D eigenvalue weighted by atomic mass is 10.4. The Morgan fingerprint density at radius 3 is 2.65 bits per heavy atom. The molecular formula is C7H6F3N3O4. The average molecular weight is 253 g/mol. The molecular weight excluding hydrogens is 247 g/mol. The van der Waals surface area contributed by atoms with Gasteiger partial charge in [0.05, 0.1) is 0 Å². The summed E-state index contributed by atoms with van der Waals surface area (Å²) in [6, 6.07) is 0.928. The number of H-pyrrole nitrogens is 1. The summed E-state index contributed by atoms with van der Waals surface area (Å²) in [5, 5.41) is 15.7. The number of carboxylic acids is 1. The molecule has 1 heterocycles. The first kappa shape index (κ1) is 12.8. The molecule has 0 unspecified atom stereocenters. The number of aromatic amines is 1. The first-order chi connectivity index (χ1) is 7.78. The lowest BCUT2D eigenvalue weighted by Gasteiger charge is -2.07. The van der Waals surface area contributed by atoms with Gasteiger partial charge in [0.2, 0.25) is 0 Å². The quantitative estimate of drug-likeness (QED) is 0.751. The SMILES string of the molecule is O=C(Nc1cc(C(=O)O)[nH]n1)OCC(F)(F)F. The number of anilines is 1. The number of amides is 1. The Bertz CT molecular complexity index is 428. The number of halogens is 3. The summed E-state index contributed by atoms with van der Waals surface area (Å²) in [6.07, 6.45) is -6.01. The lowest BCUT2D eigenvalue weighted by Crippen LogP contribution is -2.23. The summed E-state index contributed by atoms with van der Waals surface area (Å²) in [7, 11) is 0. The van der Waals surface area contributed by atoms with Crippen molar-refractivity contribution >= 4 is 17.9 Å². The molecule has 1 aromatic rings. The number of hydrogen-bond acceptors (Lipinski definition) is 4. The van der Waals surface area contributed by atoms with Crippen LogP contribution in [0.1, 0.15) is 10.5 Å². The molecule has 0 aliphatic heterocycles. The highest BCUT2D eigenvalue weighted by Crippen LogP contribution is 2.15. The molecule has 0 saturated carbocycles. The molecule has 0 spiro atoms. The Kier molecular flexibility index (Phi) is 3.55. The van der Waals surface area contributed by atoms with Crippen molar-refractivity contribution in [1.82, 2.24) is 10.2 Å². The van der Waals surface area contributed by atoms with Gasteiger partial charge in [-0.15, -0.1) is 0 Å². The van der Waals surface area contributed by atoms with Gasteiger partial charge in [-0.1, -0.05) is 0 Å². The monoisotopic (exact) mass is 253 g/mol. The van der Waals surface area contributed by atoms with Gasteiger partial charge in [0.1, 0.15) is 5.69 Å². The van der Waals surface area contributed by atoms with Crippen LogP contribution in [0.2, 0.25) is 0 Å².